The fourth-order valence-corrected chi connectivity index (χ4v) is 0.641. The van der Waals surface area contributed by atoms with Crippen LogP contribution in [0.5, 0.6) is 0 Å². The maximum Gasteiger partial charge on any atom is 0.348 e. The number of allylic oxidation sites excluding steroid dienone is 1. The van der Waals surface area contributed by atoms with E-state index < -0.39 is 11.9 Å². The molecule has 0 saturated heterocycles. The third-order valence-electron chi connectivity index (χ3n) is 1.36. The molecule has 0 N–H and O–H groups in total. The van der Waals surface area contributed by atoms with Crippen LogP contribution >= 0.6 is 0 Å². The number of rotatable bonds is 5. The summed E-state index contributed by atoms with van der Waals surface area (Å²) in [5.41, 5.74) is -0.0787. The van der Waals surface area contributed by atoms with Gasteiger partial charge in [-0.2, -0.15) is 5.26 Å². The van der Waals surface area contributed by atoms with Gasteiger partial charge in [0.2, 0.25) is 0 Å². The van der Waals surface area contributed by atoms with Crippen LogP contribution in [0.2, 0.25) is 0 Å². The van der Waals surface area contributed by atoms with Gasteiger partial charge in [-0.3, -0.25) is 0 Å². The normalized spacial score (nSPS) is 10.0. The highest BCUT2D eigenvalue weighted by atomic mass is 16.6. The fourth-order valence-electron chi connectivity index (χ4n) is 0.641. The Morgan fingerprint density at radius 1 is 1.40 bits per heavy atom. The molecule has 0 spiro atoms. The van der Waals surface area contributed by atoms with E-state index in [0.717, 1.165) is 6.08 Å². The van der Waals surface area contributed by atoms with Gasteiger partial charge < -0.3 is 9.47 Å². The van der Waals surface area contributed by atoms with Crippen molar-refractivity contribution in [1.82, 2.24) is 0 Å². The van der Waals surface area contributed by atoms with Crippen molar-refractivity contribution in [3.8, 4) is 6.07 Å². The minimum atomic E-state index is -0.727. The maximum absolute atomic E-state index is 11.0. The predicted molar refractivity (Wildman–Crippen MR) is 51.5 cm³/mol. The van der Waals surface area contributed by atoms with E-state index in [1.54, 1.807) is 13.0 Å². The molecule has 0 aromatic rings. The van der Waals surface area contributed by atoms with Crippen LogP contribution in [0, 0.1) is 11.3 Å². The van der Waals surface area contributed by atoms with E-state index in [1.165, 1.54) is 6.08 Å². The Hall–Kier alpha value is -2.09. The van der Waals surface area contributed by atoms with Crippen LogP contribution in [0.3, 0.4) is 0 Å². The molecule has 0 radical (unpaired) electrons. The molecule has 0 aromatic carbocycles. The largest absolute Gasteiger partial charge is 0.459 e. The molecule has 0 aliphatic carbocycles. The van der Waals surface area contributed by atoms with Crippen LogP contribution in [0.15, 0.2) is 24.3 Å². The summed E-state index contributed by atoms with van der Waals surface area (Å²) in [6.45, 7) is 4.61. The molecule has 0 fully saturated rings. The lowest BCUT2D eigenvalue weighted by Gasteiger charge is -2.03. The van der Waals surface area contributed by atoms with E-state index in [0.29, 0.717) is 0 Å². The standard InChI is InChI=1S/C10H11NO4/c1-3-8(7-11)10(13)15-6-5-14-9(12)4-2/h3-4H,2,5-6H2,1H3/b8-3+. The molecular formula is C10H11NO4. The average Bonchev–Trinajstić information content (AvgIpc) is 2.25. The minimum absolute atomic E-state index is 0.0565. The van der Waals surface area contributed by atoms with Gasteiger partial charge in [0.25, 0.3) is 0 Å². The first-order chi connectivity index (χ1) is 7.15. The van der Waals surface area contributed by atoms with E-state index in [-0.39, 0.29) is 18.8 Å². The molecule has 15 heavy (non-hydrogen) atoms. The molecule has 0 heterocycles. The van der Waals surface area contributed by atoms with Crippen LogP contribution < -0.4 is 0 Å². The van der Waals surface area contributed by atoms with Gasteiger partial charge in [0.1, 0.15) is 24.9 Å². The first-order valence-corrected chi connectivity index (χ1v) is 4.18. The van der Waals surface area contributed by atoms with Gasteiger partial charge in [-0.1, -0.05) is 12.7 Å². The Morgan fingerprint density at radius 3 is 2.47 bits per heavy atom. The van der Waals surface area contributed by atoms with Gasteiger partial charge >= 0.3 is 11.9 Å². The minimum Gasteiger partial charge on any atom is -0.459 e. The van der Waals surface area contributed by atoms with Crippen LogP contribution in [0.1, 0.15) is 6.92 Å². The Kier molecular flexibility index (Phi) is 6.31. The number of esters is 2. The smallest absolute Gasteiger partial charge is 0.348 e. The summed E-state index contributed by atoms with van der Waals surface area (Å²) in [5, 5.41) is 8.46. The van der Waals surface area contributed by atoms with Crippen molar-refractivity contribution in [2.75, 3.05) is 13.2 Å². The highest BCUT2D eigenvalue weighted by molar-refractivity contribution is 5.92. The highest BCUT2D eigenvalue weighted by Gasteiger charge is 2.08. The predicted octanol–water partition coefficient (Wildman–Crippen LogP) is 0.729. The number of carbonyl (C=O) groups is 2. The molecule has 0 bridgehead atoms. The summed E-state index contributed by atoms with van der Waals surface area (Å²) in [6.07, 6.45) is 2.35. The van der Waals surface area contributed by atoms with Crippen molar-refractivity contribution in [2.45, 2.75) is 6.92 Å². The van der Waals surface area contributed by atoms with Gasteiger partial charge in [-0.15, -0.1) is 0 Å². The Bertz CT molecular complexity index is 325. The molecule has 0 aliphatic heterocycles. The van der Waals surface area contributed by atoms with Crippen molar-refractivity contribution in [1.29, 1.82) is 5.26 Å². The SMILES string of the molecule is C=CC(=O)OCCOC(=O)/C(C#N)=C/C. The molecule has 80 valence electrons. The van der Waals surface area contributed by atoms with Crippen molar-refractivity contribution in [2.24, 2.45) is 0 Å². The molecule has 0 unspecified atom stereocenters. The van der Waals surface area contributed by atoms with E-state index >= 15 is 0 Å². The Morgan fingerprint density at radius 2 is 2.00 bits per heavy atom. The molecular weight excluding hydrogens is 198 g/mol. The van der Waals surface area contributed by atoms with Crippen LogP contribution in [0.4, 0.5) is 0 Å². The van der Waals surface area contributed by atoms with Crippen molar-refractivity contribution in [3.05, 3.63) is 24.3 Å². The van der Waals surface area contributed by atoms with Gasteiger partial charge in [0, 0.05) is 6.08 Å². The number of ether oxygens (including phenoxy) is 2. The van der Waals surface area contributed by atoms with E-state index in [4.69, 9.17) is 5.26 Å². The molecule has 5 nitrogen and oxygen atoms in total. The average molecular weight is 209 g/mol. The summed E-state index contributed by atoms with van der Waals surface area (Å²) in [7, 11) is 0. The van der Waals surface area contributed by atoms with Gasteiger partial charge in [0.15, 0.2) is 0 Å². The Labute approximate surface area is 87.6 Å². The molecule has 5 heteroatoms. The van der Waals surface area contributed by atoms with Crippen LogP contribution in [-0.4, -0.2) is 25.2 Å². The molecule has 0 amide bonds. The number of carbonyl (C=O) groups excluding carboxylic acids is 2. The second-order valence-electron chi connectivity index (χ2n) is 2.32. The third kappa shape index (κ3) is 5.26. The molecule has 0 saturated carbocycles. The van der Waals surface area contributed by atoms with Crippen LogP contribution in [-0.2, 0) is 19.1 Å². The number of nitriles is 1. The maximum atomic E-state index is 11.0. The summed E-state index contributed by atoms with van der Waals surface area (Å²) in [5.74, 6) is -1.31. The number of nitrogens with zero attached hydrogens (tertiary/aromatic N) is 1. The van der Waals surface area contributed by atoms with Crippen molar-refractivity contribution >= 4 is 11.9 Å². The van der Waals surface area contributed by atoms with E-state index in [9.17, 15) is 9.59 Å². The summed E-state index contributed by atoms with van der Waals surface area (Å²) in [4.78, 5) is 21.6. The van der Waals surface area contributed by atoms with E-state index in [2.05, 4.69) is 16.1 Å². The first kappa shape index (κ1) is 12.9. The lowest BCUT2D eigenvalue weighted by atomic mass is 10.3. The lowest BCUT2D eigenvalue weighted by molar-refractivity contribution is -0.146. The zero-order chi connectivity index (χ0) is 11.7. The third-order valence-corrected chi connectivity index (χ3v) is 1.36. The number of hydrogen-bond donors (Lipinski definition) is 0. The molecule has 0 rings (SSSR count). The summed E-state index contributed by atoms with van der Waals surface area (Å²) in [6, 6.07) is 1.67. The van der Waals surface area contributed by atoms with E-state index in [1.807, 2.05) is 0 Å². The van der Waals surface area contributed by atoms with Crippen LogP contribution in [0.25, 0.3) is 0 Å². The fraction of sp³-hybridized carbons (Fsp3) is 0.300. The zero-order valence-corrected chi connectivity index (χ0v) is 8.36. The molecule has 0 aromatic heterocycles. The Balaban J connectivity index is 3.79. The highest BCUT2D eigenvalue weighted by Crippen LogP contribution is 1.95. The lowest BCUT2D eigenvalue weighted by Crippen LogP contribution is -2.13. The second kappa shape index (κ2) is 7.33. The topological polar surface area (TPSA) is 76.4 Å². The molecule has 0 aliphatic rings. The quantitative estimate of drug-likeness (QED) is 0.289. The van der Waals surface area contributed by atoms with Gasteiger partial charge in [0.05, 0.1) is 0 Å². The summed E-state index contributed by atoms with van der Waals surface area (Å²) < 4.78 is 9.19. The van der Waals surface area contributed by atoms with Gasteiger partial charge in [-0.05, 0) is 6.92 Å². The van der Waals surface area contributed by atoms with Crippen molar-refractivity contribution in [3.63, 3.8) is 0 Å². The summed E-state index contributed by atoms with van der Waals surface area (Å²) >= 11 is 0. The second-order valence-corrected chi connectivity index (χ2v) is 2.32. The molecule has 0 atom stereocenters. The van der Waals surface area contributed by atoms with Crippen molar-refractivity contribution < 1.29 is 19.1 Å². The van der Waals surface area contributed by atoms with Gasteiger partial charge in [-0.25, -0.2) is 9.59 Å². The number of hydrogen-bond acceptors (Lipinski definition) is 5. The monoisotopic (exact) mass is 209 g/mol. The first-order valence-electron chi connectivity index (χ1n) is 4.18. The zero-order valence-electron chi connectivity index (χ0n) is 8.36.